The van der Waals surface area contributed by atoms with Crippen molar-refractivity contribution in [2.24, 2.45) is 5.10 Å². The lowest BCUT2D eigenvalue weighted by molar-refractivity contribution is 0.628. The van der Waals surface area contributed by atoms with Gasteiger partial charge < -0.3 is 5.32 Å². The molecule has 1 aromatic carbocycles. The molecule has 0 bridgehead atoms. The van der Waals surface area contributed by atoms with E-state index < -0.39 is 0 Å². The maximum Gasteiger partial charge on any atom is 0.191 e. The van der Waals surface area contributed by atoms with Crippen molar-refractivity contribution in [1.29, 1.82) is 0 Å². The summed E-state index contributed by atoms with van der Waals surface area (Å²) >= 11 is 5.08. The van der Waals surface area contributed by atoms with E-state index in [9.17, 15) is 4.39 Å². The van der Waals surface area contributed by atoms with E-state index in [0.717, 1.165) is 5.69 Å². The molecule has 102 valence electrons. The topological polar surface area (TPSA) is 49.3 Å². The second-order valence-corrected chi connectivity index (χ2v) is 4.40. The number of pyridine rings is 1. The molecule has 0 unspecified atom stereocenters. The third kappa shape index (κ3) is 4.10. The highest BCUT2D eigenvalue weighted by atomic mass is 32.1. The molecule has 1 heterocycles. The zero-order valence-corrected chi connectivity index (χ0v) is 11.6. The molecule has 0 saturated heterocycles. The lowest BCUT2D eigenvalue weighted by Gasteiger charge is -2.07. The van der Waals surface area contributed by atoms with Crippen molar-refractivity contribution in [3.63, 3.8) is 0 Å². The summed E-state index contributed by atoms with van der Waals surface area (Å²) in [4.78, 5) is 4.17. The van der Waals surface area contributed by atoms with Gasteiger partial charge in [0.1, 0.15) is 5.82 Å². The first-order valence-electron chi connectivity index (χ1n) is 5.93. The second kappa shape index (κ2) is 6.72. The van der Waals surface area contributed by atoms with Gasteiger partial charge >= 0.3 is 0 Å². The molecule has 20 heavy (non-hydrogen) atoms. The highest BCUT2D eigenvalue weighted by Crippen LogP contribution is 2.08. The van der Waals surface area contributed by atoms with Crippen molar-refractivity contribution < 1.29 is 4.39 Å². The fraction of sp³-hybridized carbons (Fsp3) is 0.0714. The summed E-state index contributed by atoms with van der Waals surface area (Å²) in [7, 11) is 0. The average molecular weight is 288 g/mol. The molecular formula is C14H13FN4S. The van der Waals surface area contributed by atoms with E-state index in [1.165, 1.54) is 12.1 Å². The minimum atomic E-state index is -0.328. The molecule has 4 nitrogen and oxygen atoms in total. The quantitative estimate of drug-likeness (QED) is 0.518. The number of hydrazone groups is 1. The van der Waals surface area contributed by atoms with E-state index in [4.69, 9.17) is 12.2 Å². The Hall–Kier alpha value is -2.34. The van der Waals surface area contributed by atoms with E-state index in [2.05, 4.69) is 20.8 Å². The van der Waals surface area contributed by atoms with Crippen LogP contribution in [-0.2, 0) is 0 Å². The first-order chi connectivity index (χ1) is 9.65. The Kier molecular flexibility index (Phi) is 4.73. The van der Waals surface area contributed by atoms with E-state index in [0.29, 0.717) is 11.4 Å². The summed E-state index contributed by atoms with van der Waals surface area (Å²) in [5.41, 5.74) is 4.72. The van der Waals surface area contributed by atoms with Crippen molar-refractivity contribution in [2.45, 2.75) is 6.92 Å². The van der Waals surface area contributed by atoms with Crippen molar-refractivity contribution in [2.75, 3.05) is 5.32 Å². The van der Waals surface area contributed by atoms with Gasteiger partial charge in [-0.2, -0.15) is 5.10 Å². The van der Waals surface area contributed by atoms with Gasteiger partial charge in [-0.3, -0.25) is 10.4 Å². The molecule has 0 aliphatic carbocycles. The number of anilines is 1. The number of thiocarbonyl (C=S) groups is 1. The van der Waals surface area contributed by atoms with Crippen molar-refractivity contribution in [3.05, 3.63) is 60.2 Å². The van der Waals surface area contributed by atoms with Crippen LogP contribution in [0, 0.1) is 5.82 Å². The first kappa shape index (κ1) is 14.1. The standard InChI is InChI=1S/C14H13FN4S/c1-10(13-7-2-3-8-16-13)18-19-14(20)17-12-6-4-5-11(15)9-12/h2-9H,1H3,(H2,17,19,20)/b18-10-. The average Bonchev–Trinajstić information content (AvgIpc) is 2.46. The van der Waals surface area contributed by atoms with Crippen LogP contribution >= 0.6 is 12.2 Å². The molecule has 2 rings (SSSR count). The van der Waals surface area contributed by atoms with Gasteiger partial charge in [-0.15, -0.1) is 0 Å². The predicted octanol–water partition coefficient (Wildman–Crippen LogP) is 2.93. The van der Waals surface area contributed by atoms with E-state index in [-0.39, 0.29) is 10.9 Å². The monoisotopic (exact) mass is 288 g/mol. The Morgan fingerprint density at radius 2 is 2.10 bits per heavy atom. The number of halogens is 1. The molecular weight excluding hydrogens is 275 g/mol. The predicted molar refractivity (Wildman–Crippen MR) is 82.2 cm³/mol. The third-order valence-electron chi connectivity index (χ3n) is 2.44. The number of rotatable bonds is 3. The van der Waals surface area contributed by atoms with Crippen LogP contribution in [0.4, 0.5) is 10.1 Å². The Bertz CT molecular complexity index is 628. The van der Waals surface area contributed by atoms with Crippen LogP contribution in [0.2, 0.25) is 0 Å². The number of aromatic nitrogens is 1. The summed E-state index contributed by atoms with van der Waals surface area (Å²) in [6.07, 6.45) is 1.69. The Balaban J connectivity index is 1.95. The van der Waals surface area contributed by atoms with E-state index in [1.54, 1.807) is 18.3 Å². The van der Waals surface area contributed by atoms with Gasteiger partial charge in [0.2, 0.25) is 0 Å². The molecule has 0 amide bonds. The largest absolute Gasteiger partial charge is 0.331 e. The summed E-state index contributed by atoms with van der Waals surface area (Å²) in [6, 6.07) is 11.6. The van der Waals surface area contributed by atoms with Crippen LogP contribution in [0.25, 0.3) is 0 Å². The molecule has 0 radical (unpaired) electrons. The minimum Gasteiger partial charge on any atom is -0.331 e. The minimum absolute atomic E-state index is 0.283. The fourth-order valence-electron chi connectivity index (χ4n) is 1.49. The summed E-state index contributed by atoms with van der Waals surface area (Å²) in [6.45, 7) is 1.82. The highest BCUT2D eigenvalue weighted by molar-refractivity contribution is 7.80. The van der Waals surface area contributed by atoms with Gasteiger partial charge in [0.15, 0.2) is 5.11 Å². The smallest absolute Gasteiger partial charge is 0.191 e. The maximum atomic E-state index is 13.0. The van der Waals surface area contributed by atoms with Crippen molar-refractivity contribution in [3.8, 4) is 0 Å². The highest BCUT2D eigenvalue weighted by Gasteiger charge is 2.00. The Labute approximate surface area is 121 Å². The maximum absolute atomic E-state index is 13.0. The van der Waals surface area contributed by atoms with Gasteiger partial charge in [0.25, 0.3) is 0 Å². The number of benzene rings is 1. The van der Waals surface area contributed by atoms with Gasteiger partial charge in [-0.05, 0) is 49.5 Å². The SMILES string of the molecule is C/C(=N/NC(=S)Nc1cccc(F)c1)c1ccccn1. The fourth-order valence-corrected chi connectivity index (χ4v) is 1.66. The van der Waals surface area contributed by atoms with Crippen LogP contribution in [-0.4, -0.2) is 15.8 Å². The first-order valence-corrected chi connectivity index (χ1v) is 6.34. The molecule has 0 fully saturated rings. The van der Waals surface area contributed by atoms with Crippen molar-refractivity contribution >= 4 is 28.7 Å². The van der Waals surface area contributed by atoms with Crippen LogP contribution in [0.5, 0.6) is 0 Å². The van der Waals surface area contributed by atoms with Gasteiger partial charge in [0.05, 0.1) is 11.4 Å². The van der Waals surface area contributed by atoms with Crippen LogP contribution in [0.15, 0.2) is 53.8 Å². The van der Waals surface area contributed by atoms with Gasteiger partial charge in [-0.25, -0.2) is 4.39 Å². The Morgan fingerprint density at radius 3 is 2.80 bits per heavy atom. The van der Waals surface area contributed by atoms with Gasteiger partial charge in [0, 0.05) is 11.9 Å². The summed E-state index contributed by atoms with van der Waals surface area (Å²) in [5.74, 6) is -0.328. The zero-order valence-electron chi connectivity index (χ0n) is 10.8. The normalized spacial score (nSPS) is 11.0. The lowest BCUT2D eigenvalue weighted by Crippen LogP contribution is -2.25. The number of nitrogens with zero attached hydrogens (tertiary/aromatic N) is 2. The number of hydrogen-bond acceptors (Lipinski definition) is 3. The zero-order chi connectivity index (χ0) is 14.4. The molecule has 2 N–H and O–H groups in total. The number of nitrogens with one attached hydrogen (secondary N) is 2. The van der Waals surface area contributed by atoms with Gasteiger partial charge in [-0.1, -0.05) is 12.1 Å². The Morgan fingerprint density at radius 1 is 1.25 bits per heavy atom. The van der Waals surface area contributed by atoms with Crippen molar-refractivity contribution in [1.82, 2.24) is 10.4 Å². The van der Waals surface area contributed by atoms with Crippen LogP contribution in [0.3, 0.4) is 0 Å². The molecule has 0 saturated carbocycles. The third-order valence-corrected chi connectivity index (χ3v) is 2.64. The molecule has 2 aromatic rings. The molecule has 1 aromatic heterocycles. The molecule has 6 heteroatoms. The molecule has 0 atom stereocenters. The molecule has 0 aliphatic heterocycles. The van der Waals surface area contributed by atoms with Crippen LogP contribution in [0.1, 0.15) is 12.6 Å². The van der Waals surface area contributed by atoms with Crippen LogP contribution < -0.4 is 10.7 Å². The van der Waals surface area contributed by atoms with E-state index >= 15 is 0 Å². The molecule has 0 aliphatic rings. The van der Waals surface area contributed by atoms with E-state index in [1.807, 2.05) is 25.1 Å². The molecule has 0 spiro atoms. The number of hydrogen-bond donors (Lipinski definition) is 2. The second-order valence-electron chi connectivity index (χ2n) is 3.99. The lowest BCUT2D eigenvalue weighted by atomic mass is 10.3. The summed E-state index contributed by atoms with van der Waals surface area (Å²) < 4.78 is 13.0. The summed E-state index contributed by atoms with van der Waals surface area (Å²) in [5, 5.41) is 7.25.